The van der Waals surface area contributed by atoms with Gasteiger partial charge in [0.1, 0.15) is 5.00 Å². The van der Waals surface area contributed by atoms with E-state index in [2.05, 4.69) is 24.5 Å². The van der Waals surface area contributed by atoms with Gasteiger partial charge in [-0.2, -0.15) is 4.31 Å². The normalized spacial score (nSPS) is 20.2. The first-order chi connectivity index (χ1) is 13.7. The molecule has 2 unspecified atom stereocenters. The minimum atomic E-state index is -3.59. The van der Waals surface area contributed by atoms with E-state index in [1.807, 2.05) is 0 Å². The molecule has 2 atom stereocenters. The Balaban J connectivity index is 1.75. The summed E-state index contributed by atoms with van der Waals surface area (Å²) in [4.78, 5) is 24.5. The van der Waals surface area contributed by atoms with Crippen molar-refractivity contribution in [2.45, 2.75) is 25.2 Å². The zero-order valence-corrected chi connectivity index (χ0v) is 18.3. The highest BCUT2D eigenvalue weighted by Gasteiger charge is 2.31. The Morgan fingerprint density at radius 3 is 2.24 bits per heavy atom. The number of sulfonamides is 1. The summed E-state index contributed by atoms with van der Waals surface area (Å²) in [5.41, 5.74) is 0.707. The first-order valence-corrected chi connectivity index (χ1v) is 11.8. The van der Waals surface area contributed by atoms with Crippen molar-refractivity contribution in [1.82, 2.24) is 9.62 Å². The van der Waals surface area contributed by atoms with E-state index in [1.165, 1.54) is 47.0 Å². The molecule has 1 fully saturated rings. The number of nitrogens with zero attached hydrogens (tertiary/aromatic N) is 1. The van der Waals surface area contributed by atoms with Gasteiger partial charge in [0.05, 0.1) is 10.5 Å². The highest BCUT2D eigenvalue weighted by atomic mass is 32.2. The van der Waals surface area contributed by atoms with Crippen LogP contribution in [-0.2, 0) is 10.0 Å². The van der Waals surface area contributed by atoms with Crippen molar-refractivity contribution < 1.29 is 18.0 Å². The van der Waals surface area contributed by atoms with Crippen LogP contribution in [0, 0.1) is 11.8 Å². The Bertz CT molecular complexity index is 989. The Labute approximate surface area is 175 Å². The molecule has 0 bridgehead atoms. The molecule has 1 aliphatic rings. The standard InChI is InChI=1S/C20H25N3O4S2/c1-13-10-14(2)12-23(11-13)29(26,27)16-6-4-15(5-7-16)18(24)22-20-17(8-9-28-20)19(25)21-3/h4-9,13-14H,10-12H2,1-3H3,(H,21,25)(H,22,24). The molecular weight excluding hydrogens is 410 g/mol. The van der Waals surface area contributed by atoms with E-state index in [0.29, 0.717) is 41.1 Å². The van der Waals surface area contributed by atoms with Crippen LogP contribution in [0.5, 0.6) is 0 Å². The fourth-order valence-electron chi connectivity index (χ4n) is 3.62. The minimum Gasteiger partial charge on any atom is -0.355 e. The summed E-state index contributed by atoms with van der Waals surface area (Å²) in [5, 5.41) is 7.41. The summed E-state index contributed by atoms with van der Waals surface area (Å²) in [7, 11) is -2.07. The lowest BCUT2D eigenvalue weighted by Gasteiger charge is -2.34. The van der Waals surface area contributed by atoms with Crippen LogP contribution in [0.1, 0.15) is 41.0 Å². The Morgan fingerprint density at radius 2 is 1.66 bits per heavy atom. The first-order valence-electron chi connectivity index (χ1n) is 9.43. The van der Waals surface area contributed by atoms with E-state index in [1.54, 1.807) is 11.4 Å². The molecule has 1 saturated heterocycles. The molecule has 2 amide bonds. The third-order valence-electron chi connectivity index (χ3n) is 4.95. The largest absolute Gasteiger partial charge is 0.355 e. The van der Waals surface area contributed by atoms with Gasteiger partial charge in [0.15, 0.2) is 0 Å². The average molecular weight is 436 g/mol. The highest BCUT2D eigenvalue weighted by molar-refractivity contribution is 7.89. The lowest BCUT2D eigenvalue weighted by molar-refractivity contribution is 0.0964. The molecule has 0 saturated carbocycles. The van der Waals surface area contributed by atoms with Crippen LogP contribution >= 0.6 is 11.3 Å². The number of anilines is 1. The van der Waals surface area contributed by atoms with Crippen LogP contribution in [0.25, 0.3) is 0 Å². The molecule has 0 spiro atoms. The number of hydrogen-bond acceptors (Lipinski definition) is 5. The van der Waals surface area contributed by atoms with Gasteiger partial charge >= 0.3 is 0 Å². The van der Waals surface area contributed by atoms with Gasteiger partial charge in [-0.1, -0.05) is 13.8 Å². The second kappa shape index (κ2) is 8.64. The summed E-state index contributed by atoms with van der Waals surface area (Å²) in [6.07, 6.45) is 1.02. The van der Waals surface area contributed by atoms with Crippen LogP contribution in [0.4, 0.5) is 5.00 Å². The number of nitrogens with one attached hydrogen (secondary N) is 2. The fraction of sp³-hybridized carbons (Fsp3) is 0.400. The van der Waals surface area contributed by atoms with Crippen molar-refractivity contribution in [2.75, 3.05) is 25.5 Å². The number of piperidine rings is 1. The second-order valence-corrected chi connectivity index (χ2v) is 10.3. The lowest BCUT2D eigenvalue weighted by atomic mass is 9.94. The molecule has 1 aliphatic heterocycles. The van der Waals surface area contributed by atoms with E-state index in [0.717, 1.165) is 6.42 Å². The Morgan fingerprint density at radius 1 is 1.03 bits per heavy atom. The van der Waals surface area contributed by atoms with E-state index in [-0.39, 0.29) is 10.8 Å². The number of carbonyl (C=O) groups excluding carboxylic acids is 2. The molecule has 2 heterocycles. The maximum absolute atomic E-state index is 13.0. The van der Waals surface area contributed by atoms with E-state index in [4.69, 9.17) is 0 Å². The van der Waals surface area contributed by atoms with Gasteiger partial charge in [0.25, 0.3) is 11.8 Å². The molecule has 3 rings (SSSR count). The number of carbonyl (C=O) groups is 2. The van der Waals surface area contributed by atoms with E-state index >= 15 is 0 Å². The SMILES string of the molecule is CNC(=O)c1ccsc1NC(=O)c1ccc(S(=O)(=O)N2CC(C)CC(C)C2)cc1. The van der Waals surface area contributed by atoms with Gasteiger partial charge in [-0.3, -0.25) is 9.59 Å². The summed E-state index contributed by atoms with van der Waals surface area (Å²) in [6.45, 7) is 5.14. The summed E-state index contributed by atoms with van der Waals surface area (Å²) in [5.74, 6) is -0.0486. The molecule has 0 radical (unpaired) electrons. The van der Waals surface area contributed by atoms with Gasteiger partial charge in [0, 0.05) is 25.7 Å². The summed E-state index contributed by atoms with van der Waals surface area (Å²) < 4.78 is 27.4. The fourth-order valence-corrected chi connectivity index (χ4v) is 6.08. The lowest BCUT2D eigenvalue weighted by Crippen LogP contribution is -2.42. The minimum absolute atomic E-state index is 0.178. The molecule has 1 aromatic carbocycles. The molecule has 9 heteroatoms. The van der Waals surface area contributed by atoms with Crippen LogP contribution in [0.3, 0.4) is 0 Å². The zero-order chi connectivity index (χ0) is 21.2. The zero-order valence-electron chi connectivity index (χ0n) is 16.6. The smallest absolute Gasteiger partial charge is 0.256 e. The van der Waals surface area contributed by atoms with Crippen molar-refractivity contribution >= 4 is 38.2 Å². The van der Waals surface area contributed by atoms with Gasteiger partial charge in [-0.05, 0) is 54.0 Å². The van der Waals surface area contributed by atoms with Crippen LogP contribution < -0.4 is 10.6 Å². The molecule has 156 valence electrons. The Kier molecular flexibility index (Phi) is 6.40. The summed E-state index contributed by atoms with van der Waals surface area (Å²) in [6, 6.07) is 7.54. The maximum Gasteiger partial charge on any atom is 0.256 e. The Hall–Kier alpha value is -2.23. The van der Waals surface area contributed by atoms with Crippen molar-refractivity contribution in [3.05, 3.63) is 46.8 Å². The third kappa shape index (κ3) is 4.68. The molecule has 1 aromatic heterocycles. The number of hydrogen-bond donors (Lipinski definition) is 2. The topological polar surface area (TPSA) is 95.6 Å². The quantitative estimate of drug-likeness (QED) is 0.755. The van der Waals surface area contributed by atoms with Gasteiger partial charge < -0.3 is 10.6 Å². The van der Waals surface area contributed by atoms with Gasteiger partial charge in [-0.25, -0.2) is 8.42 Å². The van der Waals surface area contributed by atoms with Crippen molar-refractivity contribution in [3.63, 3.8) is 0 Å². The molecular formula is C20H25N3O4S2. The van der Waals surface area contributed by atoms with Crippen LogP contribution in [0.2, 0.25) is 0 Å². The van der Waals surface area contributed by atoms with Gasteiger partial charge in [-0.15, -0.1) is 11.3 Å². The number of benzene rings is 1. The highest BCUT2D eigenvalue weighted by Crippen LogP contribution is 2.27. The van der Waals surface area contributed by atoms with E-state index in [9.17, 15) is 18.0 Å². The van der Waals surface area contributed by atoms with Crippen molar-refractivity contribution in [1.29, 1.82) is 0 Å². The second-order valence-electron chi connectivity index (χ2n) is 7.49. The molecule has 2 N–H and O–H groups in total. The molecule has 0 aliphatic carbocycles. The van der Waals surface area contributed by atoms with Gasteiger partial charge in [0.2, 0.25) is 10.0 Å². The monoisotopic (exact) mass is 435 g/mol. The predicted molar refractivity (Wildman–Crippen MR) is 114 cm³/mol. The number of amides is 2. The summed E-state index contributed by atoms with van der Waals surface area (Å²) >= 11 is 1.25. The van der Waals surface area contributed by atoms with Crippen molar-refractivity contribution in [2.24, 2.45) is 11.8 Å². The average Bonchev–Trinajstić information content (AvgIpc) is 3.14. The molecule has 29 heavy (non-hydrogen) atoms. The molecule has 2 aromatic rings. The third-order valence-corrected chi connectivity index (χ3v) is 7.63. The van der Waals surface area contributed by atoms with E-state index < -0.39 is 15.9 Å². The van der Waals surface area contributed by atoms with Crippen LogP contribution in [-0.4, -0.2) is 44.7 Å². The van der Waals surface area contributed by atoms with Crippen LogP contribution in [0.15, 0.2) is 40.6 Å². The maximum atomic E-state index is 13.0. The molecule has 7 nitrogen and oxygen atoms in total. The van der Waals surface area contributed by atoms with Crippen molar-refractivity contribution in [3.8, 4) is 0 Å². The first kappa shape index (κ1) is 21.5. The number of rotatable bonds is 5. The number of thiophene rings is 1. The predicted octanol–water partition coefficient (Wildman–Crippen LogP) is 3.03.